The van der Waals surface area contributed by atoms with Gasteiger partial charge in [0.05, 0.1) is 37.6 Å². The largest absolute Gasteiger partial charge is 0.491 e. The molecule has 0 aliphatic heterocycles. The quantitative estimate of drug-likeness (QED) is 0.450. The van der Waals surface area contributed by atoms with Crippen LogP contribution in [0.5, 0.6) is 5.75 Å². The highest BCUT2D eigenvalue weighted by molar-refractivity contribution is 5.83. The van der Waals surface area contributed by atoms with E-state index in [0.29, 0.717) is 26.4 Å². The molecule has 0 aliphatic carbocycles. The molecular formula is C23H27FN2O3. The van der Waals surface area contributed by atoms with Crippen LogP contribution in [-0.2, 0) is 9.47 Å². The van der Waals surface area contributed by atoms with Crippen LogP contribution in [0.4, 0.5) is 10.1 Å². The zero-order valence-corrected chi connectivity index (χ0v) is 16.9. The predicted molar refractivity (Wildman–Crippen MR) is 115 cm³/mol. The Morgan fingerprint density at radius 2 is 1.55 bits per heavy atom. The van der Waals surface area contributed by atoms with Crippen molar-refractivity contribution >= 4 is 16.6 Å². The number of benzene rings is 2. The summed E-state index contributed by atoms with van der Waals surface area (Å²) in [5, 5.41) is 1.02. The maximum Gasteiger partial charge on any atom is 0.120 e. The van der Waals surface area contributed by atoms with Gasteiger partial charge in [0.25, 0.3) is 0 Å². The molecule has 6 heteroatoms. The number of hydrogen-bond acceptors (Lipinski definition) is 5. The van der Waals surface area contributed by atoms with E-state index in [0.717, 1.165) is 33.6 Å². The van der Waals surface area contributed by atoms with Crippen molar-refractivity contribution in [2.24, 2.45) is 0 Å². The van der Waals surface area contributed by atoms with Crippen LogP contribution in [0.15, 0.2) is 54.6 Å². The molecule has 2 aromatic carbocycles. The molecule has 0 fully saturated rings. The third-order valence-corrected chi connectivity index (χ3v) is 4.43. The summed E-state index contributed by atoms with van der Waals surface area (Å²) in [7, 11) is 4.05. The van der Waals surface area contributed by atoms with Crippen LogP contribution >= 0.6 is 0 Å². The van der Waals surface area contributed by atoms with Crippen LogP contribution in [0.25, 0.3) is 22.2 Å². The van der Waals surface area contributed by atoms with E-state index >= 15 is 0 Å². The molecule has 0 radical (unpaired) electrons. The summed E-state index contributed by atoms with van der Waals surface area (Å²) in [6.07, 6.45) is 0. The van der Waals surface area contributed by atoms with E-state index in [1.54, 1.807) is 0 Å². The number of fused-ring (bicyclic) bond motifs is 1. The summed E-state index contributed by atoms with van der Waals surface area (Å²) in [4.78, 5) is 6.85. The van der Waals surface area contributed by atoms with E-state index in [-0.39, 0.29) is 6.61 Å². The van der Waals surface area contributed by atoms with Gasteiger partial charge in [-0.1, -0.05) is 18.2 Å². The van der Waals surface area contributed by atoms with Gasteiger partial charge >= 0.3 is 0 Å². The van der Waals surface area contributed by atoms with Crippen LogP contribution < -0.4 is 9.64 Å². The summed E-state index contributed by atoms with van der Waals surface area (Å²) < 4.78 is 28.0. The first-order valence-electron chi connectivity index (χ1n) is 9.70. The highest BCUT2D eigenvalue weighted by atomic mass is 18.2. The fraction of sp³-hybridized carbons (Fsp3) is 0.348. The Kier molecular flexibility index (Phi) is 7.78. The average molecular weight is 397 g/mol. The summed E-state index contributed by atoms with van der Waals surface area (Å²) in [5.41, 5.74) is 4.12. The topological polar surface area (TPSA) is 43.8 Å². The Bertz CT molecular complexity index is 900. The number of hydrogen-bond donors (Lipinski definition) is 0. The van der Waals surface area contributed by atoms with Crippen molar-refractivity contribution in [3.63, 3.8) is 0 Å². The summed E-state index contributed by atoms with van der Waals surface area (Å²) in [5.74, 6) is 0.777. The smallest absolute Gasteiger partial charge is 0.120 e. The lowest BCUT2D eigenvalue weighted by Crippen LogP contribution is -2.11. The van der Waals surface area contributed by atoms with Crippen molar-refractivity contribution in [1.29, 1.82) is 0 Å². The van der Waals surface area contributed by atoms with Crippen molar-refractivity contribution in [2.45, 2.75) is 0 Å². The number of alkyl halides is 1. The highest BCUT2D eigenvalue weighted by Crippen LogP contribution is 2.25. The molecule has 154 valence electrons. The van der Waals surface area contributed by atoms with Crippen LogP contribution in [0.2, 0.25) is 0 Å². The molecule has 0 amide bonds. The molecule has 0 N–H and O–H groups in total. The van der Waals surface area contributed by atoms with Gasteiger partial charge in [-0.3, -0.25) is 0 Å². The minimum atomic E-state index is -0.468. The number of ether oxygens (including phenoxy) is 3. The van der Waals surface area contributed by atoms with Gasteiger partial charge in [0.15, 0.2) is 0 Å². The molecule has 1 aromatic heterocycles. The summed E-state index contributed by atoms with van der Waals surface area (Å²) in [6, 6.07) is 18.3. The Hall–Kier alpha value is -2.70. The van der Waals surface area contributed by atoms with Gasteiger partial charge in [-0.05, 0) is 36.4 Å². The fourth-order valence-electron chi connectivity index (χ4n) is 2.88. The van der Waals surface area contributed by atoms with Crippen LogP contribution in [0.3, 0.4) is 0 Å². The minimum Gasteiger partial charge on any atom is -0.491 e. The molecule has 3 aromatic rings. The second-order valence-electron chi connectivity index (χ2n) is 6.75. The molecule has 29 heavy (non-hydrogen) atoms. The molecule has 1 heterocycles. The van der Waals surface area contributed by atoms with Gasteiger partial charge in [0, 0.05) is 30.7 Å². The summed E-state index contributed by atoms with van der Waals surface area (Å²) >= 11 is 0. The third kappa shape index (κ3) is 6.14. The van der Waals surface area contributed by atoms with E-state index in [4.69, 9.17) is 19.2 Å². The van der Waals surface area contributed by atoms with Crippen LogP contribution in [0.1, 0.15) is 0 Å². The maximum absolute atomic E-state index is 11.9. The van der Waals surface area contributed by atoms with E-state index < -0.39 is 6.67 Å². The molecule has 0 spiro atoms. The molecule has 0 aliphatic rings. The molecule has 0 saturated carbocycles. The van der Waals surface area contributed by atoms with E-state index in [9.17, 15) is 4.39 Å². The van der Waals surface area contributed by atoms with Crippen molar-refractivity contribution in [1.82, 2.24) is 4.98 Å². The van der Waals surface area contributed by atoms with Gasteiger partial charge in [0.1, 0.15) is 19.0 Å². The summed E-state index contributed by atoms with van der Waals surface area (Å²) in [6.45, 7) is 1.38. The van der Waals surface area contributed by atoms with E-state index in [2.05, 4.69) is 35.2 Å². The van der Waals surface area contributed by atoms with Crippen LogP contribution in [-0.4, -0.2) is 58.8 Å². The normalized spacial score (nSPS) is 11.0. The number of halogens is 1. The average Bonchev–Trinajstić information content (AvgIpc) is 2.75. The standard InChI is InChI=1S/C23H27FN2O3/c1-26(2)20-6-3-18(4-7-20)22-9-5-19-17-21(8-10-23(19)25-22)29-16-15-28-14-13-27-12-11-24/h3-10,17H,11-16H2,1-2H3/i24-1. The Balaban J connectivity index is 1.55. The van der Waals surface area contributed by atoms with E-state index in [1.807, 2.05) is 38.4 Å². The number of anilines is 1. The minimum absolute atomic E-state index is 0.119. The molecule has 5 nitrogen and oxygen atoms in total. The third-order valence-electron chi connectivity index (χ3n) is 4.43. The second-order valence-corrected chi connectivity index (χ2v) is 6.75. The first-order valence-corrected chi connectivity index (χ1v) is 9.70. The monoisotopic (exact) mass is 397 g/mol. The number of rotatable bonds is 11. The first-order chi connectivity index (χ1) is 14.2. The SMILES string of the molecule is CN(C)c1ccc(-c2ccc3cc(OCCOCCOCC[18F])ccc3n2)cc1. The first kappa shape index (κ1) is 21.0. The lowest BCUT2D eigenvalue weighted by molar-refractivity contribution is 0.0325. The molecule has 0 saturated heterocycles. The zero-order valence-electron chi connectivity index (χ0n) is 16.9. The maximum atomic E-state index is 11.9. The van der Waals surface area contributed by atoms with Crippen molar-refractivity contribution < 1.29 is 18.6 Å². The molecule has 0 atom stereocenters. The Labute approximate surface area is 171 Å². The Morgan fingerprint density at radius 3 is 2.28 bits per heavy atom. The van der Waals surface area contributed by atoms with Crippen LogP contribution in [0, 0.1) is 0 Å². The van der Waals surface area contributed by atoms with Gasteiger partial charge in [0.2, 0.25) is 0 Å². The zero-order chi connectivity index (χ0) is 20.5. The van der Waals surface area contributed by atoms with Gasteiger partial charge in [-0.25, -0.2) is 9.37 Å². The van der Waals surface area contributed by atoms with Gasteiger partial charge < -0.3 is 19.1 Å². The van der Waals surface area contributed by atoms with Crippen molar-refractivity contribution in [2.75, 3.05) is 58.7 Å². The molecule has 0 unspecified atom stereocenters. The highest BCUT2D eigenvalue weighted by Gasteiger charge is 2.04. The molecular weight excluding hydrogens is 370 g/mol. The van der Waals surface area contributed by atoms with Crippen molar-refractivity contribution in [3.05, 3.63) is 54.6 Å². The number of pyridine rings is 1. The number of aromatic nitrogens is 1. The van der Waals surface area contributed by atoms with Crippen molar-refractivity contribution in [3.8, 4) is 17.0 Å². The lowest BCUT2D eigenvalue weighted by Gasteiger charge is -2.12. The molecule has 3 rings (SSSR count). The molecule has 0 bridgehead atoms. The lowest BCUT2D eigenvalue weighted by atomic mass is 10.1. The van der Waals surface area contributed by atoms with E-state index in [1.165, 1.54) is 0 Å². The predicted octanol–water partition coefficient (Wildman–Crippen LogP) is 4.35. The number of nitrogens with zero attached hydrogens (tertiary/aromatic N) is 2. The fourth-order valence-corrected chi connectivity index (χ4v) is 2.88. The Morgan fingerprint density at radius 1 is 0.828 bits per heavy atom. The van der Waals surface area contributed by atoms with Gasteiger partial charge in [-0.15, -0.1) is 0 Å². The second kappa shape index (κ2) is 10.7. The van der Waals surface area contributed by atoms with Gasteiger partial charge in [-0.2, -0.15) is 0 Å².